The number of hydrogen-bond donors (Lipinski definition) is 1. The van der Waals surface area contributed by atoms with E-state index >= 15 is 0 Å². The Balaban J connectivity index is 1.33. The summed E-state index contributed by atoms with van der Waals surface area (Å²) >= 11 is 0. The second kappa shape index (κ2) is 7.18. The lowest BCUT2D eigenvalue weighted by atomic mass is 10.1. The minimum Gasteiger partial charge on any atom is -0.467 e. The maximum atomic E-state index is 12.8. The largest absolute Gasteiger partial charge is 0.467 e. The first-order valence-electron chi connectivity index (χ1n) is 9.63. The zero-order valence-electron chi connectivity index (χ0n) is 14.5. The maximum Gasteiger partial charge on any atom is 0.318 e. The maximum absolute atomic E-state index is 12.8. The zero-order valence-corrected chi connectivity index (χ0v) is 14.5. The summed E-state index contributed by atoms with van der Waals surface area (Å²) in [5.41, 5.74) is 0. The molecule has 1 aromatic rings. The van der Waals surface area contributed by atoms with E-state index in [4.69, 9.17) is 4.42 Å². The van der Waals surface area contributed by atoms with Crippen molar-refractivity contribution < 1.29 is 9.21 Å². The summed E-state index contributed by atoms with van der Waals surface area (Å²) in [4.78, 5) is 17.4. The van der Waals surface area contributed by atoms with E-state index in [2.05, 4.69) is 10.2 Å². The molecule has 2 saturated heterocycles. The normalized spacial score (nSPS) is 28.8. The molecule has 1 aliphatic carbocycles. The molecule has 3 fully saturated rings. The highest BCUT2D eigenvalue weighted by molar-refractivity contribution is 5.74. The van der Waals surface area contributed by atoms with Crippen molar-refractivity contribution >= 4 is 6.03 Å². The van der Waals surface area contributed by atoms with Crippen molar-refractivity contribution in [1.29, 1.82) is 0 Å². The summed E-state index contributed by atoms with van der Waals surface area (Å²) in [7, 11) is 0. The molecular formula is C19H29N3O2. The summed E-state index contributed by atoms with van der Waals surface area (Å²) in [5.74, 6) is 1.54. The van der Waals surface area contributed by atoms with E-state index in [1.54, 1.807) is 6.26 Å². The van der Waals surface area contributed by atoms with Gasteiger partial charge in [0.15, 0.2) is 0 Å². The number of furan rings is 1. The number of rotatable bonds is 4. The molecule has 1 N–H and O–H groups in total. The lowest BCUT2D eigenvalue weighted by molar-refractivity contribution is 0.164. The van der Waals surface area contributed by atoms with Gasteiger partial charge in [-0.2, -0.15) is 0 Å². The molecule has 2 atom stereocenters. The van der Waals surface area contributed by atoms with Crippen molar-refractivity contribution in [3.8, 4) is 0 Å². The Morgan fingerprint density at radius 2 is 2.08 bits per heavy atom. The van der Waals surface area contributed by atoms with E-state index in [1.807, 2.05) is 17.0 Å². The number of carbonyl (C=O) groups is 1. The van der Waals surface area contributed by atoms with Gasteiger partial charge in [0.1, 0.15) is 5.76 Å². The molecule has 1 aromatic heterocycles. The Bertz CT molecular complexity index is 541. The molecule has 24 heavy (non-hydrogen) atoms. The monoisotopic (exact) mass is 331 g/mol. The average molecular weight is 331 g/mol. The van der Waals surface area contributed by atoms with Crippen LogP contribution in [-0.4, -0.2) is 48.1 Å². The van der Waals surface area contributed by atoms with Gasteiger partial charge in [0.2, 0.25) is 0 Å². The van der Waals surface area contributed by atoms with E-state index in [1.165, 1.54) is 32.2 Å². The Morgan fingerprint density at radius 1 is 1.17 bits per heavy atom. The number of hydrogen-bond acceptors (Lipinski definition) is 3. The van der Waals surface area contributed by atoms with Crippen LogP contribution >= 0.6 is 0 Å². The lowest BCUT2D eigenvalue weighted by Gasteiger charge is -2.29. The molecule has 0 aromatic carbocycles. The zero-order chi connectivity index (χ0) is 16.4. The third-order valence-corrected chi connectivity index (χ3v) is 5.81. The topological polar surface area (TPSA) is 48.7 Å². The highest BCUT2D eigenvalue weighted by Crippen LogP contribution is 2.32. The minimum atomic E-state index is 0.0863. The molecule has 3 heterocycles. The van der Waals surface area contributed by atoms with Gasteiger partial charge in [-0.25, -0.2) is 4.79 Å². The predicted octanol–water partition coefficient (Wildman–Crippen LogP) is 3.39. The van der Waals surface area contributed by atoms with Crippen LogP contribution in [0.2, 0.25) is 0 Å². The van der Waals surface area contributed by atoms with Gasteiger partial charge < -0.3 is 19.5 Å². The van der Waals surface area contributed by atoms with Crippen LogP contribution in [0.4, 0.5) is 4.79 Å². The fourth-order valence-corrected chi connectivity index (χ4v) is 4.26. The van der Waals surface area contributed by atoms with Gasteiger partial charge in [0, 0.05) is 25.7 Å². The number of carbonyl (C=O) groups excluding carboxylic acids is 1. The van der Waals surface area contributed by atoms with Crippen LogP contribution < -0.4 is 5.32 Å². The molecule has 2 amide bonds. The SMILES string of the molecule is O=C(NC[C@@H]1CCN(C2CC2)C1)N1CCCCC[C@H]1c1ccco1. The van der Waals surface area contributed by atoms with E-state index < -0.39 is 0 Å². The number of nitrogens with one attached hydrogen (secondary N) is 1. The van der Waals surface area contributed by atoms with Crippen LogP contribution in [0.5, 0.6) is 0 Å². The van der Waals surface area contributed by atoms with Crippen molar-refractivity contribution in [2.24, 2.45) is 5.92 Å². The highest BCUT2D eigenvalue weighted by Gasteiger charge is 2.35. The van der Waals surface area contributed by atoms with Crippen molar-refractivity contribution in [2.75, 3.05) is 26.2 Å². The van der Waals surface area contributed by atoms with Crippen LogP contribution in [0.25, 0.3) is 0 Å². The number of nitrogens with zero attached hydrogens (tertiary/aromatic N) is 2. The molecule has 132 valence electrons. The van der Waals surface area contributed by atoms with Crippen LogP contribution in [0.15, 0.2) is 22.8 Å². The second-order valence-electron chi connectivity index (χ2n) is 7.64. The second-order valence-corrected chi connectivity index (χ2v) is 7.64. The molecular weight excluding hydrogens is 302 g/mol. The summed E-state index contributed by atoms with van der Waals surface area (Å²) in [6.07, 6.45) is 10.1. The van der Waals surface area contributed by atoms with Crippen LogP contribution in [-0.2, 0) is 0 Å². The number of likely N-dealkylation sites (tertiary alicyclic amines) is 2. The van der Waals surface area contributed by atoms with Gasteiger partial charge in [0.05, 0.1) is 12.3 Å². The Hall–Kier alpha value is -1.49. The standard InChI is InChI=1S/C19H29N3O2/c23-19(20-13-15-9-11-21(14-15)16-7-8-16)22-10-3-1-2-5-17(22)18-6-4-12-24-18/h4,6,12,15-17H,1-3,5,7-11,13-14H2,(H,20,23)/t15-,17-/m0/s1. The molecule has 0 spiro atoms. The summed E-state index contributed by atoms with van der Waals surface area (Å²) < 4.78 is 5.61. The first-order chi connectivity index (χ1) is 11.8. The average Bonchev–Trinajstić information content (AvgIpc) is 3.19. The Morgan fingerprint density at radius 3 is 2.88 bits per heavy atom. The van der Waals surface area contributed by atoms with Gasteiger partial charge in [-0.05, 0) is 56.7 Å². The first kappa shape index (κ1) is 16.0. The van der Waals surface area contributed by atoms with E-state index in [-0.39, 0.29) is 12.1 Å². The van der Waals surface area contributed by atoms with Crippen LogP contribution in [0.3, 0.4) is 0 Å². The van der Waals surface area contributed by atoms with Gasteiger partial charge in [-0.15, -0.1) is 0 Å². The summed E-state index contributed by atoms with van der Waals surface area (Å²) in [6.45, 7) is 4.01. The van der Waals surface area contributed by atoms with Gasteiger partial charge in [-0.3, -0.25) is 0 Å². The smallest absolute Gasteiger partial charge is 0.318 e. The molecule has 3 aliphatic rings. The van der Waals surface area contributed by atoms with Crippen LogP contribution in [0, 0.1) is 5.92 Å². The molecule has 4 rings (SSSR count). The molecule has 0 radical (unpaired) electrons. The third kappa shape index (κ3) is 3.61. The van der Waals surface area contributed by atoms with Crippen LogP contribution in [0.1, 0.15) is 56.7 Å². The predicted molar refractivity (Wildman–Crippen MR) is 92.7 cm³/mol. The fourth-order valence-electron chi connectivity index (χ4n) is 4.26. The van der Waals surface area contributed by atoms with Crippen molar-refractivity contribution in [3.05, 3.63) is 24.2 Å². The molecule has 1 saturated carbocycles. The summed E-state index contributed by atoms with van der Waals surface area (Å²) in [5, 5.41) is 3.21. The van der Waals surface area contributed by atoms with Gasteiger partial charge in [-0.1, -0.05) is 12.8 Å². The molecule has 0 bridgehead atoms. The first-order valence-corrected chi connectivity index (χ1v) is 9.63. The Labute approximate surface area is 144 Å². The minimum absolute atomic E-state index is 0.0863. The van der Waals surface area contributed by atoms with Gasteiger partial charge >= 0.3 is 6.03 Å². The third-order valence-electron chi connectivity index (χ3n) is 5.81. The highest BCUT2D eigenvalue weighted by atomic mass is 16.3. The van der Waals surface area contributed by atoms with Crippen molar-refractivity contribution in [2.45, 2.75) is 57.0 Å². The van der Waals surface area contributed by atoms with Crippen molar-refractivity contribution in [3.63, 3.8) is 0 Å². The fraction of sp³-hybridized carbons (Fsp3) is 0.737. The lowest BCUT2D eigenvalue weighted by Crippen LogP contribution is -2.44. The van der Waals surface area contributed by atoms with Crippen molar-refractivity contribution in [1.82, 2.24) is 15.1 Å². The molecule has 5 heteroatoms. The molecule has 0 unspecified atom stereocenters. The van der Waals surface area contributed by atoms with E-state index in [0.717, 1.165) is 50.7 Å². The Kier molecular flexibility index (Phi) is 4.79. The molecule has 2 aliphatic heterocycles. The van der Waals surface area contributed by atoms with E-state index in [0.29, 0.717) is 5.92 Å². The van der Waals surface area contributed by atoms with E-state index in [9.17, 15) is 4.79 Å². The van der Waals surface area contributed by atoms with Gasteiger partial charge in [0.25, 0.3) is 0 Å². The number of amides is 2. The quantitative estimate of drug-likeness (QED) is 0.920. The summed E-state index contributed by atoms with van der Waals surface area (Å²) in [6, 6.07) is 4.94. The molecule has 5 nitrogen and oxygen atoms in total. The number of urea groups is 1.